The van der Waals surface area contributed by atoms with Crippen molar-refractivity contribution in [3.8, 4) is 44.6 Å². The minimum Gasteiger partial charge on any atom is -0.256 e. The van der Waals surface area contributed by atoms with Gasteiger partial charge in [0.2, 0.25) is 0 Å². The number of hydrogen-bond acceptors (Lipinski definition) is 2. The predicted molar refractivity (Wildman–Crippen MR) is 178 cm³/mol. The van der Waals surface area contributed by atoms with E-state index in [4.69, 9.17) is 9.97 Å². The van der Waals surface area contributed by atoms with Crippen LogP contribution in [0, 0.1) is 27.7 Å². The smallest absolute Gasteiger partial charge is 0.0714 e. The van der Waals surface area contributed by atoms with Crippen LogP contribution in [-0.4, -0.2) is 9.97 Å². The molecule has 0 amide bonds. The lowest BCUT2D eigenvalue weighted by Gasteiger charge is -2.16. The number of nitrogens with zero attached hydrogens (tertiary/aromatic N) is 2. The van der Waals surface area contributed by atoms with E-state index >= 15 is 0 Å². The lowest BCUT2D eigenvalue weighted by atomic mass is 9.88. The Morgan fingerprint density at radius 2 is 1.19 bits per heavy atom. The highest BCUT2D eigenvalue weighted by molar-refractivity contribution is 6.13. The van der Waals surface area contributed by atoms with E-state index in [2.05, 4.69) is 131 Å². The van der Waals surface area contributed by atoms with Crippen LogP contribution in [0.2, 0.25) is 0 Å². The Labute approximate surface area is 247 Å². The SMILES string of the molecule is Cc1cccc(-c2cc(-c3cc(-c4cc(C)c(C)cn4)ccc3C)cc(-c3cc4ncccc4c4ccccc34)c2)c1. The zero-order chi connectivity index (χ0) is 28.8. The summed E-state index contributed by atoms with van der Waals surface area (Å²) in [4.78, 5) is 9.53. The van der Waals surface area contributed by atoms with Crippen LogP contribution in [0.4, 0.5) is 0 Å². The number of rotatable bonds is 4. The van der Waals surface area contributed by atoms with Crippen LogP contribution in [0.3, 0.4) is 0 Å². The summed E-state index contributed by atoms with van der Waals surface area (Å²) in [6, 6.07) is 39.8. The van der Waals surface area contributed by atoms with Gasteiger partial charge in [-0.1, -0.05) is 72.3 Å². The Bertz CT molecular complexity index is 2140. The normalized spacial score (nSPS) is 11.3. The maximum Gasteiger partial charge on any atom is 0.0714 e. The molecule has 2 nitrogen and oxygen atoms in total. The summed E-state index contributed by atoms with van der Waals surface area (Å²) in [6.07, 6.45) is 3.85. The van der Waals surface area contributed by atoms with Gasteiger partial charge in [0, 0.05) is 23.3 Å². The van der Waals surface area contributed by atoms with Crippen LogP contribution < -0.4 is 0 Å². The third-order valence-corrected chi connectivity index (χ3v) is 8.44. The number of fused-ring (bicyclic) bond motifs is 3. The fourth-order valence-electron chi connectivity index (χ4n) is 5.97. The van der Waals surface area contributed by atoms with E-state index in [0.717, 1.165) is 16.8 Å². The van der Waals surface area contributed by atoms with Crippen LogP contribution in [-0.2, 0) is 0 Å². The molecule has 0 saturated heterocycles. The maximum atomic E-state index is 4.77. The molecule has 7 aromatic rings. The van der Waals surface area contributed by atoms with E-state index in [-0.39, 0.29) is 0 Å². The van der Waals surface area contributed by atoms with Crippen molar-refractivity contribution >= 4 is 21.7 Å². The van der Waals surface area contributed by atoms with Crippen LogP contribution in [0.15, 0.2) is 122 Å². The lowest BCUT2D eigenvalue weighted by molar-refractivity contribution is 1.22. The molecule has 2 aromatic heterocycles. The monoisotopic (exact) mass is 540 g/mol. The van der Waals surface area contributed by atoms with Gasteiger partial charge in [0.1, 0.15) is 0 Å². The average Bonchev–Trinajstić information content (AvgIpc) is 3.02. The van der Waals surface area contributed by atoms with E-state index < -0.39 is 0 Å². The average molecular weight is 541 g/mol. The highest BCUT2D eigenvalue weighted by atomic mass is 14.7. The van der Waals surface area contributed by atoms with Crippen molar-refractivity contribution in [3.05, 3.63) is 144 Å². The maximum absolute atomic E-state index is 4.77. The van der Waals surface area contributed by atoms with Gasteiger partial charge in [-0.25, -0.2) is 0 Å². The molecule has 0 atom stereocenters. The first-order valence-corrected chi connectivity index (χ1v) is 14.5. The summed E-state index contributed by atoms with van der Waals surface area (Å²) in [7, 11) is 0. The van der Waals surface area contributed by atoms with E-state index in [1.807, 2.05) is 18.5 Å². The summed E-state index contributed by atoms with van der Waals surface area (Å²) in [5.74, 6) is 0. The Kier molecular flexibility index (Phi) is 6.40. The van der Waals surface area contributed by atoms with E-state index in [9.17, 15) is 0 Å². The number of aromatic nitrogens is 2. The third kappa shape index (κ3) is 4.65. The molecule has 0 bridgehead atoms. The zero-order valence-electron chi connectivity index (χ0n) is 24.4. The molecule has 202 valence electrons. The second-order valence-electron chi connectivity index (χ2n) is 11.4. The van der Waals surface area contributed by atoms with Gasteiger partial charge in [-0.05, 0) is 131 Å². The van der Waals surface area contributed by atoms with Gasteiger partial charge < -0.3 is 0 Å². The van der Waals surface area contributed by atoms with Crippen LogP contribution >= 0.6 is 0 Å². The first kappa shape index (κ1) is 25.9. The molecule has 0 N–H and O–H groups in total. The molecule has 42 heavy (non-hydrogen) atoms. The Balaban J connectivity index is 1.49. The van der Waals surface area contributed by atoms with Crippen LogP contribution in [0.25, 0.3) is 66.3 Å². The quantitative estimate of drug-likeness (QED) is 0.208. The lowest BCUT2D eigenvalue weighted by Crippen LogP contribution is -1.92. The van der Waals surface area contributed by atoms with Crippen molar-refractivity contribution in [1.29, 1.82) is 0 Å². The molecule has 0 saturated carbocycles. The van der Waals surface area contributed by atoms with E-state index in [1.165, 1.54) is 71.8 Å². The largest absolute Gasteiger partial charge is 0.256 e. The van der Waals surface area contributed by atoms with Gasteiger partial charge in [-0.15, -0.1) is 0 Å². The highest BCUT2D eigenvalue weighted by Gasteiger charge is 2.14. The molecule has 0 fully saturated rings. The first-order valence-electron chi connectivity index (χ1n) is 14.5. The summed E-state index contributed by atoms with van der Waals surface area (Å²) >= 11 is 0. The Morgan fingerprint density at radius 1 is 0.429 bits per heavy atom. The molecule has 0 radical (unpaired) electrons. The highest BCUT2D eigenvalue weighted by Crippen LogP contribution is 2.40. The van der Waals surface area contributed by atoms with Crippen LogP contribution in [0.1, 0.15) is 22.3 Å². The summed E-state index contributed by atoms with van der Waals surface area (Å²) < 4.78 is 0. The van der Waals surface area contributed by atoms with Gasteiger partial charge >= 0.3 is 0 Å². The second kappa shape index (κ2) is 10.4. The molecule has 2 heterocycles. The summed E-state index contributed by atoms with van der Waals surface area (Å²) in [5.41, 5.74) is 15.3. The standard InChI is InChI=1S/C40H32N2/c1-25-9-7-10-29(17-25)31-19-32(37-22-30(15-14-26(37)2)39-18-27(3)28(4)24-42-39)21-33(20-31)38-23-40-36(13-8-16-41-40)34-11-5-6-12-35(34)38/h5-24H,1-4H3. The van der Waals surface area contributed by atoms with Gasteiger partial charge in [0.15, 0.2) is 0 Å². The Morgan fingerprint density at radius 3 is 2.00 bits per heavy atom. The number of hydrogen-bond donors (Lipinski definition) is 0. The van der Waals surface area contributed by atoms with Gasteiger partial charge in [0.05, 0.1) is 11.2 Å². The molecule has 0 unspecified atom stereocenters. The number of benzene rings is 5. The molecule has 0 aliphatic carbocycles. The minimum atomic E-state index is 1.00. The van der Waals surface area contributed by atoms with Gasteiger partial charge in [-0.2, -0.15) is 0 Å². The molecule has 2 heteroatoms. The molecular formula is C40H32N2. The van der Waals surface area contributed by atoms with E-state index in [0.29, 0.717) is 0 Å². The molecule has 0 aliphatic rings. The third-order valence-electron chi connectivity index (χ3n) is 8.44. The fourth-order valence-corrected chi connectivity index (χ4v) is 5.97. The van der Waals surface area contributed by atoms with Crippen molar-refractivity contribution < 1.29 is 0 Å². The molecule has 7 rings (SSSR count). The number of aryl methyl sites for hydroxylation is 4. The van der Waals surface area contributed by atoms with Crippen molar-refractivity contribution in [3.63, 3.8) is 0 Å². The molecule has 5 aromatic carbocycles. The van der Waals surface area contributed by atoms with Crippen LogP contribution in [0.5, 0.6) is 0 Å². The van der Waals surface area contributed by atoms with Crippen molar-refractivity contribution in [2.75, 3.05) is 0 Å². The topological polar surface area (TPSA) is 25.8 Å². The number of pyridine rings is 2. The van der Waals surface area contributed by atoms with Gasteiger partial charge in [-0.3, -0.25) is 9.97 Å². The van der Waals surface area contributed by atoms with Gasteiger partial charge in [0.25, 0.3) is 0 Å². The first-order chi connectivity index (χ1) is 20.4. The molecular weight excluding hydrogens is 508 g/mol. The minimum absolute atomic E-state index is 1.00. The predicted octanol–water partition coefficient (Wildman–Crippen LogP) is 10.7. The Hall–Kier alpha value is -5.08. The van der Waals surface area contributed by atoms with Crippen molar-refractivity contribution in [2.24, 2.45) is 0 Å². The van der Waals surface area contributed by atoms with Crippen molar-refractivity contribution in [1.82, 2.24) is 9.97 Å². The van der Waals surface area contributed by atoms with E-state index in [1.54, 1.807) is 0 Å². The van der Waals surface area contributed by atoms with Crippen molar-refractivity contribution in [2.45, 2.75) is 27.7 Å². The summed E-state index contributed by atoms with van der Waals surface area (Å²) in [5, 5.41) is 3.63. The second-order valence-corrected chi connectivity index (χ2v) is 11.4. The summed E-state index contributed by atoms with van der Waals surface area (Å²) in [6.45, 7) is 8.61. The zero-order valence-corrected chi connectivity index (χ0v) is 24.4. The molecule has 0 aliphatic heterocycles. The fraction of sp³-hybridized carbons (Fsp3) is 0.100. The molecule has 0 spiro atoms.